The van der Waals surface area contributed by atoms with Crippen molar-refractivity contribution >= 4 is 29.4 Å². The number of hydrazone groups is 1. The molecular weight excluding hydrogens is 334 g/mol. The third kappa shape index (κ3) is 4.79. The number of carbonyl (C=O) groups is 1. The molecule has 0 saturated carbocycles. The monoisotopic (exact) mass is 347 g/mol. The van der Waals surface area contributed by atoms with Gasteiger partial charge < -0.3 is 4.74 Å². The van der Waals surface area contributed by atoms with E-state index in [9.17, 15) is 14.9 Å². The molecule has 8 heteroatoms. The molecule has 0 aromatic heterocycles. The van der Waals surface area contributed by atoms with Gasteiger partial charge in [0, 0.05) is 11.6 Å². The molecule has 0 spiro atoms. The Morgan fingerprint density at radius 1 is 1.33 bits per heavy atom. The first kappa shape index (κ1) is 17.4. The molecule has 1 N–H and O–H groups in total. The van der Waals surface area contributed by atoms with Crippen LogP contribution in [-0.2, 0) is 11.2 Å². The SMILES string of the molecule is COc1ccc(CC(=O)N/N=C/c2ccc(Cl)c([N+](=O)[O-])c2)cc1. The molecule has 0 unspecified atom stereocenters. The Balaban J connectivity index is 1.94. The normalized spacial score (nSPS) is 10.6. The van der Waals surface area contributed by atoms with Crippen LogP contribution >= 0.6 is 11.6 Å². The zero-order valence-corrected chi connectivity index (χ0v) is 13.5. The lowest BCUT2D eigenvalue weighted by Gasteiger charge is -2.03. The van der Waals surface area contributed by atoms with Gasteiger partial charge in [0.2, 0.25) is 5.91 Å². The van der Waals surface area contributed by atoms with E-state index in [1.165, 1.54) is 18.3 Å². The molecule has 0 heterocycles. The van der Waals surface area contributed by atoms with Crippen molar-refractivity contribution in [3.8, 4) is 5.75 Å². The quantitative estimate of drug-likeness (QED) is 0.494. The molecular formula is C16H14ClN3O4. The van der Waals surface area contributed by atoms with Gasteiger partial charge in [0.15, 0.2) is 0 Å². The van der Waals surface area contributed by atoms with Crippen LogP contribution in [0.15, 0.2) is 47.6 Å². The third-order valence-electron chi connectivity index (χ3n) is 3.09. The molecule has 7 nitrogen and oxygen atoms in total. The highest BCUT2D eigenvalue weighted by Gasteiger charge is 2.11. The molecule has 0 fully saturated rings. The summed E-state index contributed by atoms with van der Waals surface area (Å²) in [5.74, 6) is 0.404. The number of hydrogen-bond donors (Lipinski definition) is 1. The minimum absolute atomic E-state index is 0.0423. The third-order valence-corrected chi connectivity index (χ3v) is 3.41. The minimum Gasteiger partial charge on any atom is -0.497 e. The Hall–Kier alpha value is -2.93. The first-order valence-electron chi connectivity index (χ1n) is 6.88. The average molecular weight is 348 g/mol. The molecule has 2 rings (SSSR count). The van der Waals surface area contributed by atoms with E-state index in [0.29, 0.717) is 11.3 Å². The van der Waals surface area contributed by atoms with Gasteiger partial charge in [-0.1, -0.05) is 29.8 Å². The van der Waals surface area contributed by atoms with Gasteiger partial charge >= 0.3 is 0 Å². The summed E-state index contributed by atoms with van der Waals surface area (Å²) in [6, 6.07) is 11.3. The summed E-state index contributed by atoms with van der Waals surface area (Å²) in [7, 11) is 1.57. The van der Waals surface area contributed by atoms with E-state index in [1.807, 2.05) is 0 Å². The number of ether oxygens (including phenoxy) is 1. The van der Waals surface area contributed by atoms with E-state index < -0.39 is 4.92 Å². The van der Waals surface area contributed by atoms with Gasteiger partial charge in [-0.15, -0.1) is 0 Å². The number of carbonyl (C=O) groups excluding carboxylic acids is 1. The maximum Gasteiger partial charge on any atom is 0.288 e. The number of hydrogen-bond acceptors (Lipinski definition) is 5. The van der Waals surface area contributed by atoms with Gasteiger partial charge in [-0.3, -0.25) is 14.9 Å². The fraction of sp³-hybridized carbons (Fsp3) is 0.125. The zero-order chi connectivity index (χ0) is 17.5. The molecule has 24 heavy (non-hydrogen) atoms. The van der Waals surface area contributed by atoms with Crippen molar-refractivity contribution in [3.63, 3.8) is 0 Å². The second kappa shape index (κ2) is 8.07. The molecule has 0 atom stereocenters. The van der Waals surface area contributed by atoms with Gasteiger partial charge in [-0.25, -0.2) is 5.43 Å². The summed E-state index contributed by atoms with van der Waals surface area (Å²) in [6.07, 6.45) is 1.47. The van der Waals surface area contributed by atoms with E-state index in [-0.39, 0.29) is 23.0 Å². The van der Waals surface area contributed by atoms with Crippen LogP contribution < -0.4 is 10.2 Å². The first-order valence-corrected chi connectivity index (χ1v) is 7.26. The van der Waals surface area contributed by atoms with Crippen molar-refractivity contribution in [1.29, 1.82) is 0 Å². The Bertz CT molecular complexity index is 775. The summed E-state index contributed by atoms with van der Waals surface area (Å²) in [6.45, 7) is 0. The fourth-order valence-electron chi connectivity index (χ4n) is 1.90. The van der Waals surface area contributed by atoms with E-state index in [1.54, 1.807) is 37.4 Å². The topological polar surface area (TPSA) is 93.8 Å². The number of nitrogens with one attached hydrogen (secondary N) is 1. The number of nitrogens with zero attached hydrogens (tertiary/aromatic N) is 2. The minimum atomic E-state index is -0.581. The van der Waals surface area contributed by atoms with Crippen LogP contribution in [0.3, 0.4) is 0 Å². The van der Waals surface area contributed by atoms with Crippen LogP contribution in [0.1, 0.15) is 11.1 Å². The maximum atomic E-state index is 11.8. The van der Waals surface area contributed by atoms with Crippen molar-refractivity contribution in [1.82, 2.24) is 5.43 Å². The number of methoxy groups -OCH3 is 1. The van der Waals surface area contributed by atoms with Gasteiger partial charge in [-0.2, -0.15) is 5.10 Å². The standard InChI is InChI=1S/C16H14ClN3O4/c1-24-13-5-2-11(3-6-13)9-16(21)19-18-10-12-4-7-14(17)15(8-12)20(22)23/h2-8,10H,9H2,1H3,(H,19,21)/b18-10+. The van der Waals surface area contributed by atoms with Crippen molar-refractivity contribution < 1.29 is 14.5 Å². The maximum absolute atomic E-state index is 11.8. The average Bonchev–Trinajstić information content (AvgIpc) is 2.57. The van der Waals surface area contributed by atoms with Gasteiger partial charge in [-0.05, 0) is 23.8 Å². The molecule has 2 aromatic rings. The van der Waals surface area contributed by atoms with Crippen molar-refractivity contribution in [3.05, 3.63) is 68.7 Å². The Morgan fingerprint density at radius 2 is 2.04 bits per heavy atom. The molecule has 2 aromatic carbocycles. The molecule has 0 aliphatic rings. The number of nitro groups is 1. The largest absolute Gasteiger partial charge is 0.497 e. The second-order valence-corrected chi connectivity index (χ2v) is 5.19. The number of benzene rings is 2. The second-order valence-electron chi connectivity index (χ2n) is 4.79. The van der Waals surface area contributed by atoms with Crippen LogP contribution in [0.4, 0.5) is 5.69 Å². The molecule has 0 aliphatic heterocycles. The van der Waals surface area contributed by atoms with Crippen LogP contribution in [0.25, 0.3) is 0 Å². The molecule has 124 valence electrons. The van der Waals surface area contributed by atoms with Crippen LogP contribution in [0.5, 0.6) is 5.75 Å². The highest BCUT2D eigenvalue weighted by Crippen LogP contribution is 2.24. The van der Waals surface area contributed by atoms with Crippen molar-refractivity contribution in [2.45, 2.75) is 6.42 Å². The Morgan fingerprint density at radius 3 is 2.67 bits per heavy atom. The highest BCUT2D eigenvalue weighted by atomic mass is 35.5. The summed E-state index contributed by atoms with van der Waals surface area (Å²) in [5, 5.41) is 14.6. The fourth-order valence-corrected chi connectivity index (χ4v) is 2.08. The molecule has 1 amide bonds. The Labute approximate surface area is 143 Å². The van der Waals surface area contributed by atoms with Gasteiger partial charge in [0.1, 0.15) is 10.8 Å². The Kier molecular flexibility index (Phi) is 5.86. The molecule has 0 bridgehead atoms. The lowest BCUT2D eigenvalue weighted by atomic mass is 10.1. The lowest BCUT2D eigenvalue weighted by Crippen LogP contribution is -2.19. The van der Waals surface area contributed by atoms with E-state index in [0.717, 1.165) is 5.56 Å². The predicted molar refractivity (Wildman–Crippen MR) is 90.5 cm³/mol. The lowest BCUT2D eigenvalue weighted by molar-refractivity contribution is -0.384. The van der Waals surface area contributed by atoms with E-state index in [2.05, 4.69) is 10.5 Å². The summed E-state index contributed by atoms with van der Waals surface area (Å²) < 4.78 is 5.04. The predicted octanol–water partition coefficient (Wildman–Crippen LogP) is 2.95. The van der Waals surface area contributed by atoms with Crippen LogP contribution in [-0.4, -0.2) is 24.2 Å². The molecule has 0 saturated heterocycles. The van der Waals surface area contributed by atoms with Crippen molar-refractivity contribution in [2.75, 3.05) is 7.11 Å². The van der Waals surface area contributed by atoms with E-state index >= 15 is 0 Å². The number of nitro benzene ring substituents is 1. The first-order chi connectivity index (χ1) is 11.5. The summed E-state index contributed by atoms with van der Waals surface area (Å²) >= 11 is 5.72. The smallest absolute Gasteiger partial charge is 0.288 e. The number of amides is 1. The number of rotatable bonds is 6. The van der Waals surface area contributed by atoms with Crippen molar-refractivity contribution in [2.24, 2.45) is 5.10 Å². The summed E-state index contributed by atoms with van der Waals surface area (Å²) in [5.41, 5.74) is 3.42. The number of halogens is 1. The van der Waals surface area contributed by atoms with E-state index in [4.69, 9.17) is 16.3 Å². The van der Waals surface area contributed by atoms with Crippen LogP contribution in [0.2, 0.25) is 5.02 Å². The highest BCUT2D eigenvalue weighted by molar-refractivity contribution is 6.32. The van der Waals surface area contributed by atoms with Gasteiger partial charge in [0.05, 0.1) is 24.7 Å². The summed E-state index contributed by atoms with van der Waals surface area (Å²) in [4.78, 5) is 22.0. The molecule has 0 radical (unpaired) electrons. The molecule has 0 aliphatic carbocycles. The zero-order valence-electron chi connectivity index (χ0n) is 12.7. The van der Waals surface area contributed by atoms with Crippen LogP contribution in [0, 0.1) is 10.1 Å². The van der Waals surface area contributed by atoms with Gasteiger partial charge in [0.25, 0.3) is 5.69 Å².